The van der Waals surface area contributed by atoms with Gasteiger partial charge in [0.05, 0.1) is 24.0 Å². The number of hydrogen-bond donors (Lipinski definition) is 3. The van der Waals surface area contributed by atoms with Gasteiger partial charge in [0, 0.05) is 24.2 Å². The van der Waals surface area contributed by atoms with Gasteiger partial charge in [-0.3, -0.25) is 10.00 Å². The van der Waals surface area contributed by atoms with Crippen LogP contribution in [-0.4, -0.2) is 74.5 Å². The maximum Gasteiger partial charge on any atom is 0.422 e. The number of aromatic nitrogens is 4. The van der Waals surface area contributed by atoms with Gasteiger partial charge in [-0.05, 0) is 40.2 Å². The molecular weight excluding hydrogens is 484 g/mol. The van der Waals surface area contributed by atoms with E-state index in [2.05, 4.69) is 61.3 Å². The quantitative estimate of drug-likeness (QED) is 0.506. The molecule has 2 amide bonds. The lowest BCUT2D eigenvalue weighted by atomic mass is 9.95. The Bertz CT molecular complexity index is 1140. The molecule has 0 saturated carbocycles. The van der Waals surface area contributed by atoms with Crippen molar-refractivity contribution in [2.24, 2.45) is 5.92 Å². The second-order valence-electron chi connectivity index (χ2n) is 10.3. The van der Waals surface area contributed by atoms with Gasteiger partial charge in [-0.1, -0.05) is 6.92 Å². The zero-order valence-electron chi connectivity index (χ0n) is 20.8. The van der Waals surface area contributed by atoms with Gasteiger partial charge in [-0.15, -0.1) is 0 Å². The van der Waals surface area contributed by atoms with Crippen molar-refractivity contribution >= 4 is 17.7 Å². The van der Waals surface area contributed by atoms with E-state index in [9.17, 15) is 22.4 Å². The van der Waals surface area contributed by atoms with Crippen LogP contribution in [0.25, 0.3) is 0 Å². The molecule has 2 aliphatic rings. The van der Waals surface area contributed by atoms with E-state index in [-0.39, 0.29) is 23.9 Å². The molecule has 0 bridgehead atoms. The number of likely N-dealkylation sites (tertiary alicyclic amines) is 1. The molecule has 4 rings (SSSR count). The SMILES string of the molecule is C[C@H]1CN(C)C(C)(CNC(=O)N2Cc3c(Nc4nc(OCC(F)(F)F)ncc4F)n[nH]c3C2(C)C)C1. The fourth-order valence-electron chi connectivity index (χ4n) is 4.94. The average molecular weight is 515 g/mol. The summed E-state index contributed by atoms with van der Waals surface area (Å²) in [6, 6.07) is -0.884. The lowest BCUT2D eigenvalue weighted by molar-refractivity contribution is -0.154. The number of urea groups is 1. The van der Waals surface area contributed by atoms with Crippen LogP contribution < -0.4 is 15.4 Å². The second-order valence-corrected chi connectivity index (χ2v) is 10.3. The number of likely N-dealkylation sites (N-methyl/N-ethyl adjacent to an activating group) is 1. The topological polar surface area (TPSA) is 111 Å². The third-order valence-electron chi connectivity index (χ3n) is 6.95. The average Bonchev–Trinajstić information content (AvgIpc) is 3.38. The number of halogens is 4. The summed E-state index contributed by atoms with van der Waals surface area (Å²) in [5, 5.41) is 12.8. The summed E-state index contributed by atoms with van der Waals surface area (Å²) in [6.45, 7) is 8.07. The van der Waals surface area contributed by atoms with E-state index >= 15 is 0 Å². The number of rotatable bonds is 6. The number of carbonyl (C=O) groups is 1. The Balaban J connectivity index is 1.47. The Morgan fingerprint density at radius 1 is 1.31 bits per heavy atom. The Morgan fingerprint density at radius 2 is 2.03 bits per heavy atom. The lowest BCUT2D eigenvalue weighted by Gasteiger charge is -2.36. The van der Waals surface area contributed by atoms with Crippen LogP contribution in [0.15, 0.2) is 6.20 Å². The summed E-state index contributed by atoms with van der Waals surface area (Å²) in [5.41, 5.74) is 0.385. The van der Waals surface area contributed by atoms with E-state index in [0.29, 0.717) is 29.9 Å². The summed E-state index contributed by atoms with van der Waals surface area (Å²) in [7, 11) is 2.05. The predicted octanol–water partition coefficient (Wildman–Crippen LogP) is 3.51. The largest absolute Gasteiger partial charge is 0.454 e. The summed E-state index contributed by atoms with van der Waals surface area (Å²) in [6.07, 6.45) is -2.91. The maximum absolute atomic E-state index is 14.3. The highest BCUT2D eigenvalue weighted by atomic mass is 19.4. The Hall–Kier alpha value is -3.16. The van der Waals surface area contributed by atoms with E-state index < -0.39 is 36.0 Å². The molecule has 14 heteroatoms. The Morgan fingerprint density at radius 3 is 2.67 bits per heavy atom. The van der Waals surface area contributed by atoms with Crippen molar-refractivity contribution in [3.63, 3.8) is 0 Å². The molecular formula is C22H30F4N8O2. The number of alkyl halides is 3. The zero-order valence-corrected chi connectivity index (χ0v) is 20.8. The first-order valence-corrected chi connectivity index (χ1v) is 11.5. The minimum absolute atomic E-state index is 0.141. The number of ether oxygens (including phenoxy) is 1. The fourth-order valence-corrected chi connectivity index (χ4v) is 4.94. The number of fused-ring (bicyclic) bond motifs is 1. The Kier molecular flexibility index (Phi) is 6.52. The number of aromatic amines is 1. The molecule has 0 aromatic carbocycles. The van der Waals surface area contributed by atoms with Crippen molar-refractivity contribution in [1.29, 1.82) is 0 Å². The molecule has 2 aromatic heterocycles. The van der Waals surface area contributed by atoms with Crippen molar-refractivity contribution in [1.82, 2.24) is 35.3 Å². The minimum Gasteiger partial charge on any atom is -0.454 e. The molecule has 2 aliphatic heterocycles. The standard InChI is InChI=1S/C22H30F4N8O2/c1-12-6-21(4,33(5)8-12)10-28-19(35)34-9-13-15(20(34,2)3)31-32-16(13)29-17-14(23)7-27-18(30-17)36-11-22(24,25)26/h7,12H,6,8-11H2,1-5H3,(H,28,35)(H2,27,29,30,31,32)/t12-,21?/m1/s1. The molecule has 0 spiro atoms. The van der Waals surface area contributed by atoms with Crippen LogP contribution in [-0.2, 0) is 12.1 Å². The van der Waals surface area contributed by atoms with Gasteiger partial charge in [0.2, 0.25) is 0 Å². The molecule has 1 unspecified atom stereocenters. The van der Waals surface area contributed by atoms with Gasteiger partial charge in [-0.2, -0.15) is 23.3 Å². The van der Waals surface area contributed by atoms with Crippen molar-refractivity contribution in [2.75, 3.05) is 32.1 Å². The van der Waals surface area contributed by atoms with E-state index in [1.165, 1.54) is 0 Å². The fraction of sp³-hybridized carbons (Fsp3) is 0.636. The number of anilines is 2. The molecule has 2 atom stereocenters. The van der Waals surface area contributed by atoms with Crippen LogP contribution in [0.4, 0.5) is 34.0 Å². The van der Waals surface area contributed by atoms with E-state index in [0.717, 1.165) is 13.0 Å². The first-order chi connectivity index (χ1) is 16.7. The van der Waals surface area contributed by atoms with Gasteiger partial charge in [0.1, 0.15) is 0 Å². The van der Waals surface area contributed by atoms with E-state index in [1.807, 2.05) is 13.8 Å². The zero-order chi connectivity index (χ0) is 26.5. The van der Waals surface area contributed by atoms with Crippen LogP contribution >= 0.6 is 0 Å². The number of amides is 2. The van der Waals surface area contributed by atoms with E-state index in [1.54, 1.807) is 4.90 Å². The number of carbonyl (C=O) groups excluding carboxylic acids is 1. The monoisotopic (exact) mass is 514 g/mol. The molecule has 0 aliphatic carbocycles. The summed E-state index contributed by atoms with van der Waals surface area (Å²) < 4.78 is 56.1. The normalized spacial score (nSPS) is 23.6. The second kappa shape index (κ2) is 9.05. The highest BCUT2D eigenvalue weighted by Crippen LogP contribution is 2.41. The molecule has 1 fully saturated rings. The molecule has 2 aromatic rings. The van der Waals surface area contributed by atoms with Crippen molar-refractivity contribution < 1.29 is 27.1 Å². The summed E-state index contributed by atoms with van der Waals surface area (Å²) in [4.78, 5) is 24.2. The molecule has 198 valence electrons. The number of nitrogens with zero attached hydrogens (tertiary/aromatic N) is 5. The maximum atomic E-state index is 14.3. The number of hydrogen-bond acceptors (Lipinski definition) is 7. The van der Waals surface area contributed by atoms with E-state index in [4.69, 9.17) is 0 Å². The summed E-state index contributed by atoms with van der Waals surface area (Å²) >= 11 is 0. The molecule has 10 nitrogen and oxygen atoms in total. The van der Waals surface area contributed by atoms with Crippen molar-refractivity contribution in [3.8, 4) is 6.01 Å². The van der Waals surface area contributed by atoms with Crippen molar-refractivity contribution in [3.05, 3.63) is 23.3 Å². The van der Waals surface area contributed by atoms with Crippen molar-refractivity contribution in [2.45, 2.75) is 57.9 Å². The summed E-state index contributed by atoms with van der Waals surface area (Å²) in [5.74, 6) is -0.560. The van der Waals surface area contributed by atoms with Crippen LogP contribution in [0.3, 0.4) is 0 Å². The molecule has 4 heterocycles. The molecule has 3 N–H and O–H groups in total. The van der Waals surface area contributed by atoms with Gasteiger partial charge in [0.25, 0.3) is 0 Å². The van der Waals surface area contributed by atoms with Crippen LogP contribution in [0, 0.1) is 11.7 Å². The number of nitrogens with one attached hydrogen (secondary N) is 3. The van der Waals surface area contributed by atoms with Crippen LogP contribution in [0.1, 0.15) is 45.4 Å². The highest BCUT2D eigenvalue weighted by Gasteiger charge is 2.45. The molecule has 1 saturated heterocycles. The van der Waals surface area contributed by atoms with Crippen LogP contribution in [0.5, 0.6) is 6.01 Å². The number of H-pyrrole nitrogens is 1. The highest BCUT2D eigenvalue weighted by molar-refractivity contribution is 5.77. The first kappa shape index (κ1) is 25.9. The molecule has 0 radical (unpaired) electrons. The third-order valence-corrected chi connectivity index (χ3v) is 6.95. The van der Waals surface area contributed by atoms with Gasteiger partial charge in [-0.25, -0.2) is 14.2 Å². The predicted molar refractivity (Wildman–Crippen MR) is 122 cm³/mol. The Labute approximate surface area is 205 Å². The van der Waals surface area contributed by atoms with Crippen LogP contribution in [0.2, 0.25) is 0 Å². The molecule has 36 heavy (non-hydrogen) atoms. The first-order valence-electron chi connectivity index (χ1n) is 11.5. The third kappa shape index (κ3) is 5.04. The van der Waals surface area contributed by atoms with Gasteiger partial charge in [0.15, 0.2) is 24.1 Å². The smallest absolute Gasteiger partial charge is 0.422 e. The van der Waals surface area contributed by atoms with Gasteiger partial charge >= 0.3 is 18.2 Å². The lowest BCUT2D eigenvalue weighted by Crippen LogP contribution is -2.53. The minimum atomic E-state index is -4.59. The van der Waals surface area contributed by atoms with Gasteiger partial charge < -0.3 is 20.3 Å².